The molecule has 0 spiro atoms. The quantitative estimate of drug-likeness (QED) is 0.601. The lowest BCUT2D eigenvalue weighted by Gasteiger charge is -2.17. The molecule has 0 saturated heterocycles. The van der Waals surface area contributed by atoms with Gasteiger partial charge in [0.1, 0.15) is 0 Å². The van der Waals surface area contributed by atoms with Crippen LogP contribution in [0.1, 0.15) is 68.6 Å². The van der Waals surface area contributed by atoms with Crippen LogP contribution >= 0.6 is 0 Å². The summed E-state index contributed by atoms with van der Waals surface area (Å²) >= 11 is 0. The van der Waals surface area contributed by atoms with Gasteiger partial charge < -0.3 is 0 Å². The van der Waals surface area contributed by atoms with Gasteiger partial charge in [-0.2, -0.15) is 0 Å². The van der Waals surface area contributed by atoms with Gasteiger partial charge in [-0.25, -0.2) is 0 Å². The molecule has 0 amide bonds. The third-order valence-electron chi connectivity index (χ3n) is 3.55. The van der Waals surface area contributed by atoms with Crippen LogP contribution in [-0.2, 0) is 0 Å². The van der Waals surface area contributed by atoms with Crippen molar-refractivity contribution in [3.05, 3.63) is 34.9 Å². The van der Waals surface area contributed by atoms with Gasteiger partial charge in [-0.05, 0) is 49.3 Å². The number of aryl methyl sites for hydroxylation is 2. The highest BCUT2D eigenvalue weighted by molar-refractivity contribution is 5.31. The Kier molecular flexibility index (Phi) is 5.59. The highest BCUT2D eigenvalue weighted by Crippen LogP contribution is 2.28. The smallest absolute Gasteiger partial charge is 0.0162 e. The van der Waals surface area contributed by atoms with Crippen LogP contribution in [0.4, 0.5) is 0 Å². The van der Waals surface area contributed by atoms with Gasteiger partial charge in [-0.3, -0.25) is 0 Å². The van der Waals surface area contributed by atoms with Crippen LogP contribution in [0.5, 0.6) is 0 Å². The van der Waals surface area contributed by atoms with E-state index in [9.17, 15) is 0 Å². The molecule has 0 aliphatic rings. The maximum Gasteiger partial charge on any atom is -0.0162 e. The number of hydrogen-bond donors (Lipinski definition) is 0. The molecule has 0 N–H and O–H groups in total. The predicted octanol–water partition coefficient (Wildman–Crippen LogP) is 5.38. The molecule has 0 aliphatic heterocycles. The van der Waals surface area contributed by atoms with Crippen molar-refractivity contribution in [1.82, 2.24) is 0 Å². The van der Waals surface area contributed by atoms with Gasteiger partial charge in [0, 0.05) is 0 Å². The van der Waals surface area contributed by atoms with Crippen molar-refractivity contribution in [2.45, 2.75) is 65.7 Å². The van der Waals surface area contributed by atoms with Gasteiger partial charge in [0.25, 0.3) is 0 Å². The summed E-state index contributed by atoms with van der Waals surface area (Å²) in [4.78, 5) is 0. The van der Waals surface area contributed by atoms with Crippen molar-refractivity contribution in [3.8, 4) is 0 Å². The molecule has 0 saturated carbocycles. The number of benzene rings is 1. The predicted molar refractivity (Wildman–Crippen MR) is 73.1 cm³/mol. The second kappa shape index (κ2) is 6.73. The standard InChI is InChI=1S/C16H26/c1-5-7-9-15(8-6-2)16-11-10-13(3)14(4)12-16/h10-12,15H,5-9H2,1-4H3. The molecule has 0 bridgehead atoms. The summed E-state index contributed by atoms with van der Waals surface area (Å²) in [5.74, 6) is 0.782. The lowest BCUT2D eigenvalue weighted by atomic mass is 9.88. The van der Waals surface area contributed by atoms with Crippen molar-refractivity contribution in [2.75, 3.05) is 0 Å². The summed E-state index contributed by atoms with van der Waals surface area (Å²) in [5.41, 5.74) is 4.41. The fourth-order valence-electron chi connectivity index (χ4n) is 2.30. The fraction of sp³-hybridized carbons (Fsp3) is 0.625. The maximum absolute atomic E-state index is 2.39. The lowest BCUT2D eigenvalue weighted by molar-refractivity contribution is 0.541. The number of hydrogen-bond acceptors (Lipinski definition) is 0. The zero-order valence-electron chi connectivity index (χ0n) is 11.3. The molecular weight excluding hydrogens is 192 g/mol. The molecule has 1 aromatic carbocycles. The third kappa shape index (κ3) is 3.66. The largest absolute Gasteiger partial charge is 0.0654 e. The zero-order chi connectivity index (χ0) is 12.0. The Morgan fingerprint density at radius 2 is 1.69 bits per heavy atom. The molecule has 1 aromatic rings. The van der Waals surface area contributed by atoms with Crippen LogP contribution < -0.4 is 0 Å². The van der Waals surface area contributed by atoms with Gasteiger partial charge >= 0.3 is 0 Å². The van der Waals surface area contributed by atoms with E-state index in [4.69, 9.17) is 0 Å². The molecule has 0 nitrogen and oxygen atoms in total. The molecular formula is C16H26. The van der Waals surface area contributed by atoms with E-state index in [1.54, 1.807) is 5.56 Å². The normalized spacial score (nSPS) is 12.8. The van der Waals surface area contributed by atoms with Crippen molar-refractivity contribution in [3.63, 3.8) is 0 Å². The highest BCUT2D eigenvalue weighted by Gasteiger charge is 2.10. The van der Waals surface area contributed by atoms with Crippen LogP contribution in [0.25, 0.3) is 0 Å². The lowest BCUT2D eigenvalue weighted by Crippen LogP contribution is -1.99. The monoisotopic (exact) mass is 218 g/mol. The average Bonchev–Trinajstić information content (AvgIpc) is 2.28. The van der Waals surface area contributed by atoms with Crippen molar-refractivity contribution in [1.29, 1.82) is 0 Å². The Morgan fingerprint density at radius 3 is 2.25 bits per heavy atom. The minimum atomic E-state index is 0.782. The summed E-state index contributed by atoms with van der Waals surface area (Å²) in [6.45, 7) is 8.99. The summed E-state index contributed by atoms with van der Waals surface area (Å²) in [6, 6.07) is 7.00. The van der Waals surface area contributed by atoms with Gasteiger partial charge in [-0.1, -0.05) is 51.3 Å². The SMILES string of the molecule is CCCCC(CCC)c1ccc(C)c(C)c1. The van der Waals surface area contributed by atoms with Gasteiger partial charge in [-0.15, -0.1) is 0 Å². The Balaban J connectivity index is 2.78. The Hall–Kier alpha value is -0.780. The van der Waals surface area contributed by atoms with Crippen molar-refractivity contribution in [2.24, 2.45) is 0 Å². The van der Waals surface area contributed by atoms with E-state index in [-0.39, 0.29) is 0 Å². The van der Waals surface area contributed by atoms with Crippen LogP contribution in [0, 0.1) is 13.8 Å². The van der Waals surface area contributed by atoms with E-state index >= 15 is 0 Å². The van der Waals surface area contributed by atoms with Gasteiger partial charge in [0.2, 0.25) is 0 Å². The van der Waals surface area contributed by atoms with Crippen LogP contribution in [0.3, 0.4) is 0 Å². The average molecular weight is 218 g/mol. The van der Waals surface area contributed by atoms with E-state index < -0.39 is 0 Å². The van der Waals surface area contributed by atoms with Gasteiger partial charge in [0.05, 0.1) is 0 Å². The van der Waals surface area contributed by atoms with Crippen LogP contribution in [0.2, 0.25) is 0 Å². The van der Waals surface area contributed by atoms with Crippen molar-refractivity contribution >= 4 is 0 Å². The van der Waals surface area contributed by atoms with E-state index in [0.717, 1.165) is 5.92 Å². The molecule has 1 rings (SSSR count). The molecule has 0 heteroatoms. The Bertz CT molecular complexity index is 312. The minimum absolute atomic E-state index is 0.782. The molecule has 0 aliphatic carbocycles. The molecule has 0 heterocycles. The van der Waals surface area contributed by atoms with E-state index in [1.807, 2.05) is 0 Å². The summed E-state index contributed by atoms with van der Waals surface area (Å²) < 4.78 is 0. The molecule has 0 radical (unpaired) electrons. The number of rotatable bonds is 6. The Labute approximate surface area is 101 Å². The van der Waals surface area contributed by atoms with E-state index in [0.29, 0.717) is 0 Å². The van der Waals surface area contributed by atoms with E-state index in [2.05, 4.69) is 45.9 Å². The topological polar surface area (TPSA) is 0 Å². The molecule has 16 heavy (non-hydrogen) atoms. The van der Waals surface area contributed by atoms with Gasteiger partial charge in [0.15, 0.2) is 0 Å². The zero-order valence-corrected chi connectivity index (χ0v) is 11.3. The van der Waals surface area contributed by atoms with Crippen LogP contribution in [0.15, 0.2) is 18.2 Å². The first-order valence-electron chi connectivity index (χ1n) is 6.76. The summed E-state index contributed by atoms with van der Waals surface area (Å²) in [7, 11) is 0. The fourth-order valence-corrected chi connectivity index (χ4v) is 2.30. The van der Waals surface area contributed by atoms with E-state index in [1.165, 1.54) is 43.2 Å². The third-order valence-corrected chi connectivity index (χ3v) is 3.55. The summed E-state index contributed by atoms with van der Waals surface area (Å²) in [5, 5.41) is 0. The first-order chi connectivity index (χ1) is 7.69. The molecule has 90 valence electrons. The first kappa shape index (κ1) is 13.3. The summed E-state index contributed by atoms with van der Waals surface area (Å²) in [6.07, 6.45) is 6.65. The second-order valence-electron chi connectivity index (χ2n) is 4.97. The molecule has 1 atom stereocenters. The minimum Gasteiger partial charge on any atom is -0.0654 e. The molecule has 0 aromatic heterocycles. The first-order valence-corrected chi connectivity index (χ1v) is 6.76. The highest BCUT2D eigenvalue weighted by atomic mass is 14.2. The molecule has 1 unspecified atom stereocenters. The second-order valence-corrected chi connectivity index (χ2v) is 4.97. The maximum atomic E-state index is 2.39. The number of unbranched alkanes of at least 4 members (excludes halogenated alkanes) is 1. The van der Waals surface area contributed by atoms with Crippen LogP contribution in [-0.4, -0.2) is 0 Å². The van der Waals surface area contributed by atoms with Crippen molar-refractivity contribution < 1.29 is 0 Å². The Morgan fingerprint density at radius 1 is 0.938 bits per heavy atom. The molecule has 0 fully saturated rings.